The molecule has 1 fully saturated rings. The van der Waals surface area contributed by atoms with Crippen LogP contribution in [0.25, 0.3) is 0 Å². The number of nitriles is 1. The molecule has 0 bridgehead atoms. The Hall–Kier alpha value is -0.550. The molecule has 0 spiro atoms. The third-order valence-corrected chi connectivity index (χ3v) is 2.43. The summed E-state index contributed by atoms with van der Waals surface area (Å²) in [6.07, 6.45) is 1.95. The molecule has 0 aromatic rings. The van der Waals surface area contributed by atoms with E-state index in [9.17, 15) is 0 Å². The van der Waals surface area contributed by atoms with Gasteiger partial charge in [0.1, 0.15) is 0 Å². The van der Waals surface area contributed by atoms with E-state index in [0.29, 0.717) is 12.0 Å². The van der Waals surface area contributed by atoms with E-state index in [0.717, 1.165) is 13.0 Å². The van der Waals surface area contributed by atoms with Gasteiger partial charge in [-0.1, -0.05) is 0 Å². The van der Waals surface area contributed by atoms with Crippen molar-refractivity contribution >= 4 is 0 Å². The van der Waals surface area contributed by atoms with Crippen molar-refractivity contribution in [3.63, 3.8) is 0 Å². The van der Waals surface area contributed by atoms with Crippen LogP contribution < -0.4 is 0 Å². The second-order valence-electron chi connectivity index (χ2n) is 3.61. The predicted molar refractivity (Wildman–Crippen MR) is 45.0 cm³/mol. The zero-order valence-electron chi connectivity index (χ0n) is 7.38. The van der Waals surface area contributed by atoms with Gasteiger partial charge in [-0.05, 0) is 32.7 Å². The summed E-state index contributed by atoms with van der Waals surface area (Å²) in [7, 11) is 0. The fraction of sp³-hybridized carbons (Fsp3) is 0.889. The van der Waals surface area contributed by atoms with Gasteiger partial charge in [-0.2, -0.15) is 5.26 Å². The molecule has 0 saturated carbocycles. The summed E-state index contributed by atoms with van der Waals surface area (Å²) in [4.78, 5) is 2.45. The molecular weight excluding hydrogens is 136 g/mol. The highest BCUT2D eigenvalue weighted by Crippen LogP contribution is 2.20. The monoisotopic (exact) mass is 152 g/mol. The molecule has 0 aromatic heterocycles. The molecule has 62 valence electrons. The SMILES string of the molecule is CC(C)N1CCC(CC#N)C1. The summed E-state index contributed by atoms with van der Waals surface area (Å²) < 4.78 is 0. The molecule has 2 heteroatoms. The molecule has 1 aliphatic heterocycles. The first-order valence-corrected chi connectivity index (χ1v) is 4.35. The maximum Gasteiger partial charge on any atom is 0.0625 e. The fourth-order valence-electron chi connectivity index (χ4n) is 1.63. The van der Waals surface area contributed by atoms with Crippen LogP contribution in [-0.2, 0) is 0 Å². The van der Waals surface area contributed by atoms with Gasteiger partial charge in [0.15, 0.2) is 0 Å². The van der Waals surface area contributed by atoms with Crippen molar-refractivity contribution in [3.8, 4) is 6.07 Å². The van der Waals surface area contributed by atoms with Crippen molar-refractivity contribution < 1.29 is 0 Å². The summed E-state index contributed by atoms with van der Waals surface area (Å²) in [6.45, 7) is 6.75. The van der Waals surface area contributed by atoms with E-state index in [-0.39, 0.29) is 0 Å². The van der Waals surface area contributed by atoms with E-state index in [1.165, 1.54) is 13.0 Å². The zero-order valence-corrected chi connectivity index (χ0v) is 7.38. The lowest BCUT2D eigenvalue weighted by molar-refractivity contribution is 0.265. The lowest BCUT2D eigenvalue weighted by atomic mass is 10.1. The molecule has 0 aromatic carbocycles. The van der Waals surface area contributed by atoms with Crippen molar-refractivity contribution in [2.45, 2.75) is 32.7 Å². The van der Waals surface area contributed by atoms with Gasteiger partial charge in [-0.15, -0.1) is 0 Å². The molecule has 11 heavy (non-hydrogen) atoms. The summed E-state index contributed by atoms with van der Waals surface area (Å²) in [5.74, 6) is 0.641. The summed E-state index contributed by atoms with van der Waals surface area (Å²) >= 11 is 0. The Morgan fingerprint density at radius 2 is 2.36 bits per heavy atom. The van der Waals surface area contributed by atoms with Crippen LogP contribution in [0.2, 0.25) is 0 Å². The van der Waals surface area contributed by atoms with Crippen LogP contribution in [-0.4, -0.2) is 24.0 Å². The third-order valence-electron chi connectivity index (χ3n) is 2.43. The van der Waals surface area contributed by atoms with E-state index in [2.05, 4.69) is 24.8 Å². The van der Waals surface area contributed by atoms with Gasteiger partial charge in [0.2, 0.25) is 0 Å². The smallest absolute Gasteiger partial charge is 0.0625 e. The third kappa shape index (κ3) is 2.20. The van der Waals surface area contributed by atoms with Gasteiger partial charge in [0.05, 0.1) is 6.07 Å². The first kappa shape index (κ1) is 8.55. The van der Waals surface area contributed by atoms with Crippen LogP contribution in [0.15, 0.2) is 0 Å². The van der Waals surface area contributed by atoms with E-state index >= 15 is 0 Å². The Kier molecular flexibility index (Phi) is 2.90. The lowest BCUT2D eigenvalue weighted by Crippen LogP contribution is -2.28. The average Bonchev–Trinajstić information content (AvgIpc) is 2.37. The Labute approximate surface area is 68.8 Å². The molecular formula is C9H16N2. The van der Waals surface area contributed by atoms with Gasteiger partial charge < -0.3 is 4.90 Å². The van der Waals surface area contributed by atoms with Crippen molar-refractivity contribution in [3.05, 3.63) is 0 Å². The van der Waals surface area contributed by atoms with Crippen LogP contribution in [0.4, 0.5) is 0 Å². The van der Waals surface area contributed by atoms with Gasteiger partial charge in [-0.3, -0.25) is 0 Å². The fourth-order valence-corrected chi connectivity index (χ4v) is 1.63. The Balaban J connectivity index is 2.30. The number of likely N-dealkylation sites (tertiary alicyclic amines) is 1. The van der Waals surface area contributed by atoms with Crippen LogP contribution in [0.5, 0.6) is 0 Å². The number of hydrogen-bond donors (Lipinski definition) is 0. The Morgan fingerprint density at radius 1 is 1.64 bits per heavy atom. The van der Waals surface area contributed by atoms with Crippen molar-refractivity contribution in [1.29, 1.82) is 5.26 Å². The van der Waals surface area contributed by atoms with Gasteiger partial charge in [0.25, 0.3) is 0 Å². The molecule has 1 atom stereocenters. The number of nitrogens with zero attached hydrogens (tertiary/aromatic N) is 2. The molecule has 0 aliphatic carbocycles. The van der Waals surface area contributed by atoms with Crippen LogP contribution >= 0.6 is 0 Å². The second kappa shape index (κ2) is 3.73. The van der Waals surface area contributed by atoms with Crippen molar-refractivity contribution in [1.82, 2.24) is 4.90 Å². The minimum atomic E-state index is 0.641. The molecule has 0 radical (unpaired) electrons. The molecule has 1 heterocycles. The molecule has 2 nitrogen and oxygen atoms in total. The lowest BCUT2D eigenvalue weighted by Gasteiger charge is -2.19. The van der Waals surface area contributed by atoms with Crippen molar-refractivity contribution in [2.75, 3.05) is 13.1 Å². The molecule has 0 amide bonds. The normalized spacial score (nSPS) is 25.8. The zero-order chi connectivity index (χ0) is 8.27. The van der Waals surface area contributed by atoms with Gasteiger partial charge in [-0.25, -0.2) is 0 Å². The predicted octanol–water partition coefficient (Wildman–Crippen LogP) is 1.63. The topological polar surface area (TPSA) is 27.0 Å². The van der Waals surface area contributed by atoms with Crippen LogP contribution in [0, 0.1) is 17.2 Å². The second-order valence-corrected chi connectivity index (χ2v) is 3.61. The first-order valence-electron chi connectivity index (χ1n) is 4.35. The van der Waals surface area contributed by atoms with Crippen LogP contribution in [0.1, 0.15) is 26.7 Å². The van der Waals surface area contributed by atoms with E-state index in [1.54, 1.807) is 0 Å². The van der Waals surface area contributed by atoms with Crippen molar-refractivity contribution in [2.24, 2.45) is 5.92 Å². The van der Waals surface area contributed by atoms with Gasteiger partial charge >= 0.3 is 0 Å². The highest BCUT2D eigenvalue weighted by molar-refractivity contribution is 4.84. The van der Waals surface area contributed by atoms with E-state index < -0.39 is 0 Å². The van der Waals surface area contributed by atoms with Gasteiger partial charge in [0, 0.05) is 19.0 Å². The average molecular weight is 152 g/mol. The number of rotatable bonds is 2. The standard InChI is InChI=1S/C9H16N2/c1-8(2)11-6-4-9(7-11)3-5-10/h8-9H,3-4,6-7H2,1-2H3. The molecule has 1 unspecified atom stereocenters. The minimum Gasteiger partial charge on any atom is -0.301 e. The first-order chi connectivity index (χ1) is 5.24. The summed E-state index contributed by atoms with van der Waals surface area (Å²) in [5.41, 5.74) is 0. The molecule has 1 aliphatic rings. The summed E-state index contributed by atoms with van der Waals surface area (Å²) in [6, 6.07) is 2.89. The summed E-state index contributed by atoms with van der Waals surface area (Å²) in [5, 5.41) is 8.48. The maximum atomic E-state index is 8.48. The van der Waals surface area contributed by atoms with E-state index in [1.807, 2.05) is 0 Å². The van der Waals surface area contributed by atoms with E-state index in [4.69, 9.17) is 5.26 Å². The number of hydrogen-bond acceptors (Lipinski definition) is 2. The minimum absolute atomic E-state index is 0.641. The molecule has 0 N–H and O–H groups in total. The largest absolute Gasteiger partial charge is 0.301 e. The highest BCUT2D eigenvalue weighted by atomic mass is 15.2. The highest BCUT2D eigenvalue weighted by Gasteiger charge is 2.23. The molecule has 1 saturated heterocycles. The Morgan fingerprint density at radius 3 is 2.82 bits per heavy atom. The molecule has 1 rings (SSSR count). The maximum absolute atomic E-state index is 8.48. The Bertz CT molecular complexity index is 157. The van der Waals surface area contributed by atoms with Crippen LogP contribution in [0.3, 0.4) is 0 Å². The quantitative estimate of drug-likeness (QED) is 0.601.